The van der Waals surface area contributed by atoms with Crippen molar-refractivity contribution in [3.63, 3.8) is 0 Å². The largest absolute Gasteiger partial charge is 0.304 e. The molecule has 2 aromatic rings. The number of rotatable bonds is 1. The van der Waals surface area contributed by atoms with Crippen LogP contribution in [0.15, 0.2) is 36.7 Å². The fraction of sp³-hybridized carbons (Fsp3) is 0.154. The molecular formula is C13H10N2O2. The maximum Gasteiger partial charge on any atom is 0.234 e. The maximum atomic E-state index is 11.7. The molecule has 0 spiro atoms. The van der Waals surface area contributed by atoms with Crippen LogP contribution in [-0.4, -0.2) is 23.2 Å². The van der Waals surface area contributed by atoms with E-state index in [0.29, 0.717) is 0 Å². The maximum absolute atomic E-state index is 11.7. The van der Waals surface area contributed by atoms with Crippen molar-refractivity contribution in [1.82, 2.24) is 4.98 Å². The SMILES string of the molecule is O=C1CC(=O)N(c2cccc3ccncc23)C1. The monoisotopic (exact) mass is 226 g/mol. The van der Waals surface area contributed by atoms with Crippen LogP contribution in [-0.2, 0) is 9.59 Å². The molecule has 17 heavy (non-hydrogen) atoms. The first-order valence-electron chi connectivity index (χ1n) is 5.40. The second kappa shape index (κ2) is 3.66. The zero-order valence-electron chi connectivity index (χ0n) is 9.09. The van der Waals surface area contributed by atoms with Gasteiger partial charge in [-0.25, -0.2) is 0 Å². The number of fused-ring (bicyclic) bond motifs is 1. The molecule has 3 rings (SSSR count). The first-order valence-corrected chi connectivity index (χ1v) is 5.40. The molecule has 0 unspecified atom stereocenters. The quantitative estimate of drug-likeness (QED) is 0.693. The summed E-state index contributed by atoms with van der Waals surface area (Å²) < 4.78 is 0. The Morgan fingerprint density at radius 3 is 2.82 bits per heavy atom. The predicted molar refractivity (Wildman–Crippen MR) is 63.7 cm³/mol. The Morgan fingerprint density at radius 1 is 1.18 bits per heavy atom. The van der Waals surface area contributed by atoms with E-state index in [1.54, 1.807) is 12.4 Å². The van der Waals surface area contributed by atoms with E-state index in [1.165, 1.54) is 4.90 Å². The van der Waals surface area contributed by atoms with Gasteiger partial charge in [0.15, 0.2) is 5.78 Å². The van der Waals surface area contributed by atoms with Gasteiger partial charge in [-0.3, -0.25) is 14.6 Å². The molecule has 1 aromatic carbocycles. The van der Waals surface area contributed by atoms with Crippen molar-refractivity contribution in [2.24, 2.45) is 0 Å². The lowest BCUT2D eigenvalue weighted by Crippen LogP contribution is -2.24. The van der Waals surface area contributed by atoms with E-state index in [-0.39, 0.29) is 24.7 Å². The van der Waals surface area contributed by atoms with Gasteiger partial charge in [-0.2, -0.15) is 0 Å². The Kier molecular flexibility index (Phi) is 2.14. The van der Waals surface area contributed by atoms with Crippen LogP contribution in [0.2, 0.25) is 0 Å². The Balaban J connectivity index is 2.17. The van der Waals surface area contributed by atoms with Gasteiger partial charge in [0, 0.05) is 17.8 Å². The number of anilines is 1. The average molecular weight is 226 g/mol. The molecule has 4 nitrogen and oxygen atoms in total. The number of benzene rings is 1. The third-order valence-corrected chi connectivity index (χ3v) is 2.94. The minimum atomic E-state index is -0.133. The van der Waals surface area contributed by atoms with E-state index >= 15 is 0 Å². The molecule has 1 aliphatic rings. The van der Waals surface area contributed by atoms with Gasteiger partial charge in [-0.05, 0) is 17.5 Å². The number of ketones is 1. The number of hydrogen-bond donors (Lipinski definition) is 0. The molecular weight excluding hydrogens is 216 g/mol. The van der Waals surface area contributed by atoms with E-state index in [2.05, 4.69) is 4.98 Å². The molecule has 0 atom stereocenters. The third-order valence-electron chi connectivity index (χ3n) is 2.94. The van der Waals surface area contributed by atoms with Gasteiger partial charge >= 0.3 is 0 Å². The number of Topliss-reactive ketones (excluding diaryl/α,β-unsaturated/α-hetero) is 1. The third kappa shape index (κ3) is 1.58. The lowest BCUT2D eigenvalue weighted by Gasteiger charge is -2.16. The van der Waals surface area contributed by atoms with Crippen molar-refractivity contribution < 1.29 is 9.59 Å². The molecule has 0 saturated carbocycles. The van der Waals surface area contributed by atoms with Crippen molar-refractivity contribution in [2.75, 3.05) is 11.4 Å². The average Bonchev–Trinajstić information content (AvgIpc) is 2.68. The molecule has 84 valence electrons. The van der Waals surface area contributed by atoms with Crippen molar-refractivity contribution >= 4 is 28.2 Å². The van der Waals surface area contributed by atoms with Crippen LogP contribution >= 0.6 is 0 Å². The summed E-state index contributed by atoms with van der Waals surface area (Å²) in [6, 6.07) is 7.58. The second-order valence-electron chi connectivity index (χ2n) is 4.07. The first-order chi connectivity index (χ1) is 8.25. The fourth-order valence-corrected chi connectivity index (χ4v) is 2.14. The number of aromatic nitrogens is 1. The highest BCUT2D eigenvalue weighted by molar-refractivity contribution is 6.17. The molecule has 1 aromatic heterocycles. The molecule has 1 aliphatic heterocycles. The van der Waals surface area contributed by atoms with E-state index < -0.39 is 0 Å². The zero-order chi connectivity index (χ0) is 11.8. The predicted octanol–water partition coefficient (Wildman–Crippen LogP) is 1.54. The minimum Gasteiger partial charge on any atom is -0.304 e. The van der Waals surface area contributed by atoms with Gasteiger partial charge in [0.2, 0.25) is 5.91 Å². The van der Waals surface area contributed by atoms with Crippen LogP contribution in [0.4, 0.5) is 5.69 Å². The highest BCUT2D eigenvalue weighted by Gasteiger charge is 2.29. The van der Waals surface area contributed by atoms with Gasteiger partial charge in [0.05, 0.1) is 18.7 Å². The van der Waals surface area contributed by atoms with Crippen LogP contribution in [0.25, 0.3) is 10.8 Å². The van der Waals surface area contributed by atoms with Crippen molar-refractivity contribution in [3.8, 4) is 0 Å². The topological polar surface area (TPSA) is 50.3 Å². The summed E-state index contributed by atoms with van der Waals surface area (Å²) in [5.41, 5.74) is 0.770. The normalized spacial score (nSPS) is 15.9. The Labute approximate surface area is 97.9 Å². The van der Waals surface area contributed by atoms with E-state index in [9.17, 15) is 9.59 Å². The summed E-state index contributed by atoms with van der Waals surface area (Å²) in [6.07, 6.45) is 3.44. The molecule has 0 N–H and O–H groups in total. The van der Waals surface area contributed by atoms with Gasteiger partial charge in [0.1, 0.15) is 0 Å². The Morgan fingerprint density at radius 2 is 2.06 bits per heavy atom. The van der Waals surface area contributed by atoms with Crippen LogP contribution in [0.1, 0.15) is 6.42 Å². The summed E-state index contributed by atoms with van der Waals surface area (Å²) in [5.74, 6) is -0.165. The molecule has 1 fully saturated rings. The molecule has 1 amide bonds. The summed E-state index contributed by atoms with van der Waals surface area (Å²) in [5, 5.41) is 1.92. The van der Waals surface area contributed by atoms with E-state index in [4.69, 9.17) is 0 Å². The van der Waals surface area contributed by atoms with Gasteiger partial charge in [-0.1, -0.05) is 12.1 Å². The molecule has 0 aliphatic carbocycles. The van der Waals surface area contributed by atoms with Gasteiger partial charge in [0.25, 0.3) is 0 Å². The number of amides is 1. The first kappa shape index (κ1) is 9.96. The van der Waals surface area contributed by atoms with Crippen LogP contribution < -0.4 is 4.90 Å². The highest BCUT2D eigenvalue weighted by atomic mass is 16.2. The number of pyridine rings is 1. The van der Waals surface area contributed by atoms with Crippen LogP contribution in [0.3, 0.4) is 0 Å². The van der Waals surface area contributed by atoms with E-state index in [1.807, 2.05) is 24.3 Å². The summed E-state index contributed by atoms with van der Waals surface area (Å²) >= 11 is 0. The molecule has 1 saturated heterocycles. The number of hydrogen-bond acceptors (Lipinski definition) is 3. The highest BCUT2D eigenvalue weighted by Crippen LogP contribution is 2.28. The lowest BCUT2D eigenvalue weighted by atomic mass is 10.1. The smallest absolute Gasteiger partial charge is 0.234 e. The van der Waals surface area contributed by atoms with Gasteiger partial charge < -0.3 is 4.90 Å². The van der Waals surface area contributed by atoms with Crippen LogP contribution in [0.5, 0.6) is 0 Å². The second-order valence-corrected chi connectivity index (χ2v) is 4.07. The Hall–Kier alpha value is -2.23. The standard InChI is InChI=1S/C13H10N2O2/c16-10-6-13(17)15(8-10)12-3-1-2-9-4-5-14-7-11(9)12/h1-5,7H,6,8H2. The van der Waals surface area contributed by atoms with Crippen LogP contribution in [0, 0.1) is 0 Å². The van der Waals surface area contributed by atoms with Crippen molar-refractivity contribution in [3.05, 3.63) is 36.7 Å². The van der Waals surface area contributed by atoms with Gasteiger partial charge in [-0.15, -0.1) is 0 Å². The summed E-state index contributed by atoms with van der Waals surface area (Å²) in [6.45, 7) is 0.173. The Bertz CT molecular complexity index is 616. The molecule has 2 heterocycles. The number of nitrogens with zero attached hydrogens (tertiary/aromatic N) is 2. The van der Waals surface area contributed by atoms with E-state index in [0.717, 1.165) is 16.5 Å². The van der Waals surface area contributed by atoms with Crippen molar-refractivity contribution in [2.45, 2.75) is 6.42 Å². The summed E-state index contributed by atoms with van der Waals surface area (Å²) in [7, 11) is 0. The minimum absolute atomic E-state index is 0.0106. The number of carbonyl (C=O) groups is 2. The van der Waals surface area contributed by atoms with Crippen molar-refractivity contribution in [1.29, 1.82) is 0 Å². The zero-order valence-corrected chi connectivity index (χ0v) is 9.09. The molecule has 0 bridgehead atoms. The lowest BCUT2D eigenvalue weighted by molar-refractivity contribution is -0.121. The molecule has 4 heteroatoms. The molecule has 0 radical (unpaired) electrons. The summed E-state index contributed by atoms with van der Waals surface area (Å²) in [4.78, 5) is 28.6. The number of carbonyl (C=O) groups excluding carboxylic acids is 2. The fourth-order valence-electron chi connectivity index (χ4n) is 2.14.